The van der Waals surface area contributed by atoms with Gasteiger partial charge in [0.05, 0.1) is 11.3 Å². The molecule has 2 aromatic rings. The number of carbonyl (C=O) groups excluding carboxylic acids is 1. The molecular formula is C16H14N2O6. The third-order valence-electron chi connectivity index (χ3n) is 3.07. The molecule has 124 valence electrons. The smallest absolute Gasteiger partial charge is 0.411 e. The van der Waals surface area contributed by atoms with Crippen molar-refractivity contribution in [1.82, 2.24) is 0 Å². The van der Waals surface area contributed by atoms with E-state index in [-0.39, 0.29) is 18.7 Å². The van der Waals surface area contributed by atoms with E-state index >= 15 is 0 Å². The fourth-order valence-corrected chi connectivity index (χ4v) is 1.90. The summed E-state index contributed by atoms with van der Waals surface area (Å²) < 4.78 is 5.01. The maximum Gasteiger partial charge on any atom is 0.411 e. The van der Waals surface area contributed by atoms with Crippen LogP contribution >= 0.6 is 0 Å². The van der Waals surface area contributed by atoms with Gasteiger partial charge in [0.2, 0.25) is 0 Å². The summed E-state index contributed by atoms with van der Waals surface area (Å²) in [5.74, 6) is -0.932. The van der Waals surface area contributed by atoms with Crippen LogP contribution in [0.25, 0.3) is 0 Å². The summed E-state index contributed by atoms with van der Waals surface area (Å²) in [4.78, 5) is 32.3. The third kappa shape index (κ3) is 5.09. The maximum absolute atomic E-state index is 11.7. The molecule has 0 unspecified atom stereocenters. The predicted molar refractivity (Wildman–Crippen MR) is 84.7 cm³/mol. The fraction of sp³-hybridized carbons (Fsp3) is 0.125. The van der Waals surface area contributed by atoms with Gasteiger partial charge < -0.3 is 9.84 Å². The summed E-state index contributed by atoms with van der Waals surface area (Å²) in [5, 5.41) is 21.7. The number of nitro benzene ring substituents is 1. The van der Waals surface area contributed by atoms with Gasteiger partial charge in [0.15, 0.2) is 0 Å². The van der Waals surface area contributed by atoms with Gasteiger partial charge in [-0.05, 0) is 35.4 Å². The Balaban J connectivity index is 1.84. The van der Waals surface area contributed by atoms with E-state index in [0.29, 0.717) is 16.8 Å². The normalized spacial score (nSPS) is 10.0. The molecule has 8 heteroatoms. The van der Waals surface area contributed by atoms with E-state index in [2.05, 4.69) is 5.32 Å². The number of nitrogens with zero attached hydrogens (tertiary/aromatic N) is 1. The molecule has 0 saturated heterocycles. The van der Waals surface area contributed by atoms with Crippen LogP contribution in [0.1, 0.15) is 11.1 Å². The van der Waals surface area contributed by atoms with Crippen LogP contribution in [0, 0.1) is 10.1 Å². The van der Waals surface area contributed by atoms with Crippen LogP contribution in [0.3, 0.4) is 0 Å². The van der Waals surface area contributed by atoms with Gasteiger partial charge in [0, 0.05) is 17.8 Å². The van der Waals surface area contributed by atoms with Gasteiger partial charge in [-0.15, -0.1) is 0 Å². The Kier molecular flexibility index (Phi) is 5.45. The molecule has 0 radical (unpaired) electrons. The summed E-state index contributed by atoms with van der Waals surface area (Å²) in [7, 11) is 0. The van der Waals surface area contributed by atoms with Gasteiger partial charge in [0.25, 0.3) is 5.69 Å². The molecule has 0 fully saturated rings. The van der Waals surface area contributed by atoms with Crippen molar-refractivity contribution >= 4 is 23.4 Å². The Morgan fingerprint density at radius 2 is 1.62 bits per heavy atom. The van der Waals surface area contributed by atoms with Gasteiger partial charge in [-0.2, -0.15) is 0 Å². The van der Waals surface area contributed by atoms with Gasteiger partial charge in [-0.25, -0.2) is 4.79 Å². The Bertz CT molecular complexity index is 740. The van der Waals surface area contributed by atoms with E-state index in [4.69, 9.17) is 9.84 Å². The highest BCUT2D eigenvalue weighted by Crippen LogP contribution is 2.14. The lowest BCUT2D eigenvalue weighted by Crippen LogP contribution is -2.13. The second-order valence-corrected chi connectivity index (χ2v) is 4.89. The number of non-ortho nitro benzene ring substituents is 1. The lowest BCUT2D eigenvalue weighted by molar-refractivity contribution is -0.384. The zero-order chi connectivity index (χ0) is 17.5. The SMILES string of the molecule is O=C(O)Cc1ccc(NC(=O)OCc2ccc([N+](=O)[O-])cc2)cc1. The number of benzene rings is 2. The molecule has 0 aliphatic heterocycles. The molecule has 0 bridgehead atoms. The quantitative estimate of drug-likeness (QED) is 0.621. The lowest BCUT2D eigenvalue weighted by atomic mass is 10.1. The van der Waals surface area contributed by atoms with Crippen molar-refractivity contribution in [2.45, 2.75) is 13.0 Å². The molecule has 0 aromatic heterocycles. The number of carboxylic acids is 1. The van der Waals surface area contributed by atoms with E-state index in [1.54, 1.807) is 24.3 Å². The average Bonchev–Trinajstić information content (AvgIpc) is 2.54. The van der Waals surface area contributed by atoms with Crippen molar-refractivity contribution in [3.8, 4) is 0 Å². The summed E-state index contributed by atoms with van der Waals surface area (Å²) in [5.41, 5.74) is 1.67. The fourth-order valence-electron chi connectivity index (χ4n) is 1.90. The van der Waals surface area contributed by atoms with Crippen LogP contribution in [0.15, 0.2) is 48.5 Å². The minimum atomic E-state index is -0.932. The first kappa shape index (κ1) is 16.9. The molecule has 2 N–H and O–H groups in total. The first-order valence-electron chi connectivity index (χ1n) is 6.92. The van der Waals surface area contributed by atoms with Crippen molar-refractivity contribution in [2.75, 3.05) is 5.32 Å². The average molecular weight is 330 g/mol. The monoisotopic (exact) mass is 330 g/mol. The molecule has 2 aromatic carbocycles. The topological polar surface area (TPSA) is 119 Å². The molecule has 1 amide bonds. The standard InChI is InChI=1S/C16H14N2O6/c19-15(20)9-11-1-5-13(6-2-11)17-16(21)24-10-12-3-7-14(8-4-12)18(22)23/h1-8H,9-10H2,(H,17,21)(H,19,20). The van der Waals surface area contributed by atoms with E-state index in [9.17, 15) is 19.7 Å². The summed E-state index contributed by atoms with van der Waals surface area (Å²) >= 11 is 0. The Hall–Kier alpha value is -3.42. The van der Waals surface area contributed by atoms with Crippen LogP contribution in [0.5, 0.6) is 0 Å². The van der Waals surface area contributed by atoms with Crippen molar-refractivity contribution in [1.29, 1.82) is 0 Å². The first-order valence-corrected chi connectivity index (χ1v) is 6.92. The first-order chi connectivity index (χ1) is 11.4. The molecule has 0 heterocycles. The van der Waals surface area contributed by atoms with Crippen molar-refractivity contribution < 1.29 is 24.4 Å². The van der Waals surface area contributed by atoms with Crippen molar-refractivity contribution in [3.63, 3.8) is 0 Å². The number of anilines is 1. The number of hydrogen-bond donors (Lipinski definition) is 2. The number of aliphatic carboxylic acids is 1. The Morgan fingerprint density at radius 3 is 2.17 bits per heavy atom. The molecule has 24 heavy (non-hydrogen) atoms. The third-order valence-corrected chi connectivity index (χ3v) is 3.07. The highest BCUT2D eigenvalue weighted by molar-refractivity contribution is 5.84. The van der Waals surface area contributed by atoms with Gasteiger partial charge in [-0.1, -0.05) is 12.1 Å². The number of hydrogen-bond acceptors (Lipinski definition) is 5. The predicted octanol–water partition coefficient (Wildman–Crippen LogP) is 2.97. The van der Waals surface area contributed by atoms with Crippen LogP contribution in [-0.2, 0) is 22.6 Å². The molecule has 0 aliphatic rings. The van der Waals surface area contributed by atoms with Crippen molar-refractivity contribution in [2.24, 2.45) is 0 Å². The van der Waals surface area contributed by atoms with E-state index in [1.165, 1.54) is 24.3 Å². The number of ether oxygens (including phenoxy) is 1. The molecule has 0 aliphatic carbocycles. The number of carboxylic acid groups (broad SMARTS) is 1. The summed E-state index contributed by atoms with van der Waals surface area (Å²) in [6.07, 6.45) is -0.774. The van der Waals surface area contributed by atoms with Gasteiger partial charge in [0.1, 0.15) is 6.61 Å². The van der Waals surface area contributed by atoms with E-state index in [0.717, 1.165) is 0 Å². The van der Waals surface area contributed by atoms with E-state index in [1.807, 2.05) is 0 Å². The van der Waals surface area contributed by atoms with Crippen LogP contribution in [-0.4, -0.2) is 22.1 Å². The molecule has 0 spiro atoms. The van der Waals surface area contributed by atoms with Crippen LogP contribution < -0.4 is 5.32 Å². The van der Waals surface area contributed by atoms with E-state index < -0.39 is 17.0 Å². The molecule has 2 rings (SSSR count). The molecule has 0 atom stereocenters. The maximum atomic E-state index is 11.7. The van der Waals surface area contributed by atoms with Crippen LogP contribution in [0.2, 0.25) is 0 Å². The second kappa shape index (κ2) is 7.73. The molecule has 0 saturated carbocycles. The number of carbonyl (C=O) groups is 2. The lowest BCUT2D eigenvalue weighted by Gasteiger charge is -2.07. The highest BCUT2D eigenvalue weighted by Gasteiger charge is 2.07. The number of rotatable bonds is 6. The Morgan fingerprint density at radius 1 is 1.04 bits per heavy atom. The molecule has 8 nitrogen and oxygen atoms in total. The zero-order valence-electron chi connectivity index (χ0n) is 12.5. The summed E-state index contributed by atoms with van der Waals surface area (Å²) in [6, 6.07) is 12.0. The van der Waals surface area contributed by atoms with Gasteiger partial charge in [-0.3, -0.25) is 20.2 Å². The second-order valence-electron chi connectivity index (χ2n) is 4.89. The zero-order valence-corrected chi connectivity index (χ0v) is 12.5. The minimum absolute atomic E-state index is 0.0269. The van der Waals surface area contributed by atoms with Crippen molar-refractivity contribution in [3.05, 3.63) is 69.8 Å². The molecular weight excluding hydrogens is 316 g/mol. The van der Waals surface area contributed by atoms with Crippen LogP contribution in [0.4, 0.5) is 16.2 Å². The van der Waals surface area contributed by atoms with Gasteiger partial charge >= 0.3 is 12.1 Å². The summed E-state index contributed by atoms with van der Waals surface area (Å²) in [6.45, 7) is -0.0269. The highest BCUT2D eigenvalue weighted by atomic mass is 16.6. The number of nitro groups is 1. The largest absolute Gasteiger partial charge is 0.481 e. The number of amides is 1. The minimum Gasteiger partial charge on any atom is -0.481 e. The number of nitrogens with one attached hydrogen (secondary N) is 1. The Labute approximate surface area is 136 Å².